The van der Waals surface area contributed by atoms with Gasteiger partial charge in [-0.2, -0.15) is 5.43 Å². The van der Waals surface area contributed by atoms with Crippen molar-refractivity contribution in [1.82, 2.24) is 20.7 Å². The predicted octanol–water partition coefficient (Wildman–Crippen LogP) is -0.109. The van der Waals surface area contributed by atoms with Crippen LogP contribution in [0, 0.1) is 0 Å². The van der Waals surface area contributed by atoms with Crippen molar-refractivity contribution >= 4 is 23.4 Å². The topological polar surface area (TPSA) is 94.2 Å². The van der Waals surface area contributed by atoms with Crippen molar-refractivity contribution in [2.45, 2.75) is 26.6 Å². The molecule has 3 amide bonds. The van der Waals surface area contributed by atoms with Crippen LogP contribution in [-0.2, 0) is 14.4 Å². The van der Waals surface area contributed by atoms with Crippen molar-refractivity contribution < 1.29 is 19.1 Å². The van der Waals surface area contributed by atoms with Gasteiger partial charge in [-0.1, -0.05) is 6.92 Å². The van der Waals surface area contributed by atoms with E-state index in [0.29, 0.717) is 26.2 Å². The van der Waals surface area contributed by atoms with E-state index >= 15 is 0 Å². The normalized spacial score (nSPS) is 19.3. The standard InChI is InChI=1S/C18H25N5O4/c1-3-9-19-15(24)12-23-17(26)16(25)22-11-10-21(18(22)20-23)13-5-7-14(8-6-13)27-4-2/h5-8,18,20H,3-4,9-12H2,1-2H3,(H,19,24). The summed E-state index contributed by atoms with van der Waals surface area (Å²) < 4.78 is 5.46. The Labute approximate surface area is 158 Å². The van der Waals surface area contributed by atoms with Crippen molar-refractivity contribution in [3.8, 4) is 5.75 Å². The maximum absolute atomic E-state index is 12.4. The van der Waals surface area contributed by atoms with E-state index in [1.807, 2.05) is 43.0 Å². The maximum Gasteiger partial charge on any atom is 0.326 e. The van der Waals surface area contributed by atoms with E-state index in [-0.39, 0.29) is 12.5 Å². The van der Waals surface area contributed by atoms with Crippen molar-refractivity contribution in [3.63, 3.8) is 0 Å². The lowest BCUT2D eigenvalue weighted by molar-refractivity contribution is -0.163. The van der Waals surface area contributed by atoms with Crippen molar-refractivity contribution in [2.75, 3.05) is 37.7 Å². The molecule has 0 radical (unpaired) electrons. The number of hydrogen-bond donors (Lipinski definition) is 2. The van der Waals surface area contributed by atoms with E-state index in [2.05, 4.69) is 10.7 Å². The largest absolute Gasteiger partial charge is 0.494 e. The quantitative estimate of drug-likeness (QED) is 0.646. The average molecular weight is 375 g/mol. The number of hydrazine groups is 1. The zero-order valence-electron chi connectivity index (χ0n) is 15.6. The molecule has 2 heterocycles. The number of hydrogen-bond acceptors (Lipinski definition) is 6. The highest BCUT2D eigenvalue weighted by atomic mass is 16.5. The lowest BCUT2D eigenvalue weighted by Crippen LogP contribution is -2.68. The number of benzene rings is 1. The van der Waals surface area contributed by atoms with Crippen LogP contribution >= 0.6 is 0 Å². The molecule has 0 saturated carbocycles. The Kier molecular flexibility index (Phi) is 5.80. The number of nitrogens with one attached hydrogen (secondary N) is 2. The zero-order valence-corrected chi connectivity index (χ0v) is 15.6. The Morgan fingerprint density at radius 3 is 2.52 bits per heavy atom. The van der Waals surface area contributed by atoms with E-state index in [1.54, 1.807) is 0 Å². The Balaban J connectivity index is 1.72. The predicted molar refractivity (Wildman–Crippen MR) is 98.6 cm³/mol. The van der Waals surface area contributed by atoms with Gasteiger partial charge >= 0.3 is 11.8 Å². The van der Waals surface area contributed by atoms with Gasteiger partial charge in [0.05, 0.1) is 6.61 Å². The van der Waals surface area contributed by atoms with Gasteiger partial charge in [-0.3, -0.25) is 24.3 Å². The molecule has 1 unspecified atom stereocenters. The van der Waals surface area contributed by atoms with E-state index < -0.39 is 18.1 Å². The van der Waals surface area contributed by atoms with Crippen LogP contribution in [0.1, 0.15) is 20.3 Å². The summed E-state index contributed by atoms with van der Waals surface area (Å²) in [6.45, 7) is 5.80. The van der Waals surface area contributed by atoms with E-state index in [4.69, 9.17) is 4.74 Å². The summed E-state index contributed by atoms with van der Waals surface area (Å²) in [6.07, 6.45) is 0.292. The van der Waals surface area contributed by atoms with Gasteiger partial charge in [0, 0.05) is 25.3 Å². The smallest absolute Gasteiger partial charge is 0.326 e. The lowest BCUT2D eigenvalue weighted by Gasteiger charge is -2.40. The molecule has 9 heteroatoms. The lowest BCUT2D eigenvalue weighted by atomic mass is 10.2. The van der Waals surface area contributed by atoms with Crippen LogP contribution in [0.25, 0.3) is 0 Å². The van der Waals surface area contributed by atoms with Crippen molar-refractivity contribution in [2.24, 2.45) is 0 Å². The first-order valence-corrected chi connectivity index (χ1v) is 9.20. The van der Waals surface area contributed by atoms with Gasteiger partial charge in [-0.05, 0) is 37.6 Å². The highest BCUT2D eigenvalue weighted by Gasteiger charge is 2.45. The fourth-order valence-electron chi connectivity index (χ4n) is 3.17. The summed E-state index contributed by atoms with van der Waals surface area (Å²) in [5, 5.41) is 3.81. The molecule has 2 saturated heterocycles. The third-order valence-electron chi connectivity index (χ3n) is 4.49. The summed E-state index contributed by atoms with van der Waals surface area (Å²) in [5.74, 6) is -0.846. The number of carbonyl (C=O) groups is 3. The van der Waals surface area contributed by atoms with Crippen molar-refractivity contribution in [3.05, 3.63) is 24.3 Å². The van der Waals surface area contributed by atoms with Gasteiger partial charge in [-0.25, -0.2) is 0 Å². The van der Waals surface area contributed by atoms with Gasteiger partial charge in [-0.15, -0.1) is 0 Å². The first-order valence-electron chi connectivity index (χ1n) is 9.20. The number of carbonyl (C=O) groups excluding carboxylic acids is 3. The molecule has 2 aliphatic rings. The van der Waals surface area contributed by atoms with E-state index in [1.165, 1.54) is 4.90 Å². The molecule has 0 bridgehead atoms. The van der Waals surface area contributed by atoms with Gasteiger partial charge in [0.1, 0.15) is 12.3 Å². The van der Waals surface area contributed by atoms with Crippen LogP contribution < -0.4 is 20.4 Å². The van der Waals surface area contributed by atoms with Gasteiger partial charge in [0.25, 0.3) is 0 Å². The van der Waals surface area contributed by atoms with Gasteiger partial charge in [0.15, 0.2) is 6.29 Å². The minimum absolute atomic E-state index is 0.202. The van der Waals surface area contributed by atoms with E-state index in [9.17, 15) is 14.4 Å². The summed E-state index contributed by atoms with van der Waals surface area (Å²) in [6, 6.07) is 7.56. The third-order valence-corrected chi connectivity index (χ3v) is 4.49. The molecule has 3 rings (SSSR count). The Morgan fingerprint density at radius 2 is 1.85 bits per heavy atom. The summed E-state index contributed by atoms with van der Waals surface area (Å²) in [5.41, 5.74) is 3.91. The SMILES string of the molecule is CCCNC(=O)CN1NC2N(CCN2c2ccc(OCC)cc2)C(=O)C1=O. The molecule has 0 aromatic heterocycles. The number of rotatable bonds is 7. The minimum Gasteiger partial charge on any atom is -0.494 e. The number of fused-ring (bicyclic) bond motifs is 1. The molecular weight excluding hydrogens is 350 g/mol. The average Bonchev–Trinajstić information content (AvgIpc) is 3.09. The van der Waals surface area contributed by atoms with Crippen LogP contribution in [0.4, 0.5) is 5.69 Å². The molecule has 27 heavy (non-hydrogen) atoms. The first kappa shape index (κ1) is 19.0. The Bertz CT molecular complexity index is 708. The fourth-order valence-corrected chi connectivity index (χ4v) is 3.17. The number of ether oxygens (including phenoxy) is 1. The second-order valence-electron chi connectivity index (χ2n) is 6.36. The van der Waals surface area contributed by atoms with Crippen LogP contribution in [-0.4, -0.2) is 66.7 Å². The highest BCUT2D eigenvalue weighted by molar-refractivity contribution is 6.35. The molecule has 2 fully saturated rings. The summed E-state index contributed by atoms with van der Waals surface area (Å²) >= 11 is 0. The summed E-state index contributed by atoms with van der Waals surface area (Å²) in [7, 11) is 0. The molecule has 9 nitrogen and oxygen atoms in total. The van der Waals surface area contributed by atoms with E-state index in [0.717, 1.165) is 22.9 Å². The van der Waals surface area contributed by atoms with Crippen LogP contribution in [0.5, 0.6) is 5.75 Å². The molecule has 2 N–H and O–H groups in total. The number of nitrogens with zero attached hydrogens (tertiary/aromatic N) is 3. The monoisotopic (exact) mass is 375 g/mol. The molecule has 0 aliphatic carbocycles. The van der Waals surface area contributed by atoms with Crippen LogP contribution in [0.2, 0.25) is 0 Å². The summed E-state index contributed by atoms with van der Waals surface area (Å²) in [4.78, 5) is 40.2. The minimum atomic E-state index is -0.716. The van der Waals surface area contributed by atoms with Crippen LogP contribution in [0.3, 0.4) is 0 Å². The third kappa shape index (κ3) is 3.97. The maximum atomic E-state index is 12.4. The molecule has 146 valence electrons. The highest BCUT2D eigenvalue weighted by Crippen LogP contribution is 2.26. The molecular formula is C18H25N5O4. The number of anilines is 1. The van der Waals surface area contributed by atoms with Crippen molar-refractivity contribution in [1.29, 1.82) is 0 Å². The second-order valence-corrected chi connectivity index (χ2v) is 6.36. The molecule has 2 aliphatic heterocycles. The second kappa shape index (κ2) is 8.26. The molecule has 0 spiro atoms. The number of amides is 3. The van der Waals surface area contributed by atoms with Crippen LogP contribution in [0.15, 0.2) is 24.3 Å². The molecule has 1 aromatic carbocycles. The molecule has 1 aromatic rings. The first-order chi connectivity index (χ1) is 13.0. The Morgan fingerprint density at radius 1 is 1.15 bits per heavy atom. The zero-order chi connectivity index (χ0) is 19.4. The van der Waals surface area contributed by atoms with Gasteiger partial charge in [0.2, 0.25) is 5.91 Å². The van der Waals surface area contributed by atoms with Gasteiger partial charge < -0.3 is 15.0 Å². The Hall–Kier alpha value is -2.81. The fraction of sp³-hybridized carbons (Fsp3) is 0.500. The molecule has 1 atom stereocenters.